The highest BCUT2D eigenvalue weighted by Crippen LogP contribution is 2.28. The van der Waals surface area contributed by atoms with Gasteiger partial charge in [-0.2, -0.15) is 0 Å². The number of benzene rings is 1. The summed E-state index contributed by atoms with van der Waals surface area (Å²) in [6.45, 7) is 8.40. The van der Waals surface area contributed by atoms with Crippen LogP contribution in [0.1, 0.15) is 58.6 Å². The number of amides is 1. The van der Waals surface area contributed by atoms with Crippen molar-refractivity contribution < 1.29 is 18.3 Å². The zero-order chi connectivity index (χ0) is 18.6. The van der Waals surface area contributed by atoms with Crippen LogP contribution in [-0.4, -0.2) is 35.7 Å². The van der Waals surface area contributed by atoms with Crippen LogP contribution >= 0.6 is 0 Å². The molecule has 1 aliphatic rings. The van der Waals surface area contributed by atoms with Crippen molar-refractivity contribution in [3.05, 3.63) is 35.4 Å². The standard InChI is InChI=1S/C19H28F2N2O2/c1-13(17-15(20)7-5-8-16(17)21)22-11-6-12-23(14-9-10-14)18(24)25-19(2,3)4/h5,7-8,13-14,22H,6,9-12H2,1-4H3. The number of hydrogen-bond donors (Lipinski definition) is 1. The van der Waals surface area contributed by atoms with Crippen LogP contribution in [0.3, 0.4) is 0 Å². The van der Waals surface area contributed by atoms with E-state index in [0.29, 0.717) is 19.5 Å². The molecule has 25 heavy (non-hydrogen) atoms. The quantitative estimate of drug-likeness (QED) is 0.738. The fourth-order valence-corrected chi connectivity index (χ4v) is 2.72. The van der Waals surface area contributed by atoms with E-state index in [-0.39, 0.29) is 17.7 Å². The lowest BCUT2D eigenvalue weighted by molar-refractivity contribution is 0.0232. The summed E-state index contributed by atoms with van der Waals surface area (Å²) in [7, 11) is 0. The summed E-state index contributed by atoms with van der Waals surface area (Å²) in [6, 6.07) is 3.70. The van der Waals surface area contributed by atoms with E-state index >= 15 is 0 Å². The number of ether oxygens (including phenoxy) is 1. The summed E-state index contributed by atoms with van der Waals surface area (Å²) in [6.07, 6.45) is 2.41. The first-order chi connectivity index (χ1) is 11.7. The van der Waals surface area contributed by atoms with Gasteiger partial charge < -0.3 is 15.0 Å². The van der Waals surface area contributed by atoms with Crippen LogP contribution in [-0.2, 0) is 4.74 Å². The molecule has 0 radical (unpaired) electrons. The fraction of sp³-hybridized carbons (Fsp3) is 0.632. The van der Waals surface area contributed by atoms with Crippen molar-refractivity contribution >= 4 is 6.09 Å². The lowest BCUT2D eigenvalue weighted by atomic mass is 10.1. The molecule has 1 fully saturated rings. The molecule has 0 bridgehead atoms. The molecule has 0 aromatic heterocycles. The Hall–Kier alpha value is -1.69. The van der Waals surface area contributed by atoms with Gasteiger partial charge in [0.05, 0.1) is 0 Å². The Morgan fingerprint density at radius 1 is 1.32 bits per heavy atom. The summed E-state index contributed by atoms with van der Waals surface area (Å²) >= 11 is 0. The van der Waals surface area contributed by atoms with E-state index in [9.17, 15) is 13.6 Å². The molecule has 4 nitrogen and oxygen atoms in total. The first-order valence-corrected chi connectivity index (χ1v) is 8.86. The lowest BCUT2D eigenvalue weighted by Crippen LogP contribution is -2.39. The zero-order valence-electron chi connectivity index (χ0n) is 15.4. The zero-order valence-corrected chi connectivity index (χ0v) is 15.4. The van der Waals surface area contributed by atoms with Crippen LogP contribution in [0.15, 0.2) is 18.2 Å². The number of halogens is 2. The minimum Gasteiger partial charge on any atom is -0.444 e. The van der Waals surface area contributed by atoms with Gasteiger partial charge in [-0.15, -0.1) is 0 Å². The smallest absolute Gasteiger partial charge is 0.410 e. The van der Waals surface area contributed by atoms with E-state index in [1.165, 1.54) is 18.2 Å². The van der Waals surface area contributed by atoms with Crippen molar-refractivity contribution in [3.63, 3.8) is 0 Å². The summed E-state index contributed by atoms with van der Waals surface area (Å²) in [5, 5.41) is 3.12. The Kier molecular flexibility index (Phi) is 6.38. The van der Waals surface area contributed by atoms with Crippen LogP contribution in [0.4, 0.5) is 13.6 Å². The average Bonchev–Trinajstić information content (AvgIpc) is 3.29. The number of nitrogens with zero attached hydrogens (tertiary/aromatic N) is 1. The van der Waals surface area contributed by atoms with Crippen molar-refractivity contribution in [2.24, 2.45) is 0 Å². The minimum absolute atomic E-state index is 0.0497. The molecule has 1 unspecified atom stereocenters. The third kappa shape index (κ3) is 5.96. The SMILES string of the molecule is CC(NCCCN(C(=O)OC(C)(C)C)C1CC1)c1c(F)cccc1F. The summed E-state index contributed by atoms with van der Waals surface area (Å²) in [4.78, 5) is 14.0. The topological polar surface area (TPSA) is 41.6 Å². The van der Waals surface area contributed by atoms with Crippen LogP contribution < -0.4 is 5.32 Å². The van der Waals surface area contributed by atoms with Gasteiger partial charge in [0.15, 0.2) is 0 Å². The van der Waals surface area contributed by atoms with E-state index < -0.39 is 23.3 Å². The van der Waals surface area contributed by atoms with Gasteiger partial charge in [-0.05, 0) is 65.6 Å². The molecule has 1 aliphatic carbocycles. The molecule has 6 heteroatoms. The maximum atomic E-state index is 13.8. The second kappa shape index (κ2) is 8.13. The molecule has 0 aliphatic heterocycles. The first-order valence-electron chi connectivity index (χ1n) is 8.86. The number of hydrogen-bond acceptors (Lipinski definition) is 3. The highest BCUT2D eigenvalue weighted by Gasteiger charge is 2.34. The molecule has 1 aromatic carbocycles. The van der Waals surface area contributed by atoms with Crippen LogP contribution in [0.25, 0.3) is 0 Å². The summed E-state index contributed by atoms with van der Waals surface area (Å²) < 4.78 is 33.0. The third-order valence-electron chi connectivity index (χ3n) is 4.07. The van der Waals surface area contributed by atoms with Gasteiger partial charge in [0.25, 0.3) is 0 Å². The normalized spacial score (nSPS) is 15.8. The molecule has 1 atom stereocenters. The van der Waals surface area contributed by atoms with Crippen molar-refractivity contribution in [3.8, 4) is 0 Å². The van der Waals surface area contributed by atoms with Gasteiger partial charge in [-0.25, -0.2) is 13.6 Å². The lowest BCUT2D eigenvalue weighted by Gasteiger charge is -2.27. The van der Waals surface area contributed by atoms with E-state index in [0.717, 1.165) is 12.8 Å². The van der Waals surface area contributed by atoms with Gasteiger partial charge in [-0.3, -0.25) is 0 Å². The van der Waals surface area contributed by atoms with E-state index in [2.05, 4.69) is 5.32 Å². The second-order valence-electron chi connectivity index (χ2n) is 7.57. The van der Waals surface area contributed by atoms with Gasteiger partial charge in [0, 0.05) is 24.2 Å². The highest BCUT2D eigenvalue weighted by atomic mass is 19.1. The first kappa shape index (κ1) is 19.6. The molecule has 2 rings (SSSR count). The Morgan fingerprint density at radius 3 is 2.44 bits per heavy atom. The predicted molar refractivity (Wildman–Crippen MR) is 93.4 cm³/mol. The van der Waals surface area contributed by atoms with Crippen LogP contribution in [0, 0.1) is 11.6 Å². The number of carbonyl (C=O) groups is 1. The number of rotatable bonds is 7. The maximum Gasteiger partial charge on any atom is 0.410 e. The second-order valence-corrected chi connectivity index (χ2v) is 7.57. The average molecular weight is 354 g/mol. The molecule has 0 spiro atoms. The third-order valence-corrected chi connectivity index (χ3v) is 4.07. The van der Waals surface area contributed by atoms with Gasteiger partial charge in [-0.1, -0.05) is 6.07 Å². The monoisotopic (exact) mass is 354 g/mol. The molecule has 1 aromatic rings. The molecule has 140 valence electrons. The van der Waals surface area contributed by atoms with Crippen molar-refractivity contribution in [1.29, 1.82) is 0 Å². The largest absolute Gasteiger partial charge is 0.444 e. The molecular weight excluding hydrogens is 326 g/mol. The summed E-state index contributed by atoms with van der Waals surface area (Å²) in [5.41, 5.74) is -0.465. The Bertz CT molecular complexity index is 577. The molecule has 1 N–H and O–H groups in total. The molecule has 0 saturated heterocycles. The highest BCUT2D eigenvalue weighted by molar-refractivity contribution is 5.69. The Labute approximate surface area is 148 Å². The van der Waals surface area contributed by atoms with Crippen molar-refractivity contribution in [2.75, 3.05) is 13.1 Å². The maximum absolute atomic E-state index is 13.8. The van der Waals surface area contributed by atoms with Gasteiger partial charge in [0.2, 0.25) is 0 Å². The minimum atomic E-state index is -0.548. The van der Waals surface area contributed by atoms with Gasteiger partial charge >= 0.3 is 6.09 Å². The van der Waals surface area contributed by atoms with Crippen molar-refractivity contribution in [1.82, 2.24) is 10.2 Å². The molecule has 1 amide bonds. The van der Waals surface area contributed by atoms with Crippen molar-refractivity contribution in [2.45, 2.75) is 64.6 Å². The predicted octanol–water partition coefficient (Wildman–Crippen LogP) is 4.41. The molecule has 0 heterocycles. The number of nitrogens with one attached hydrogen (secondary N) is 1. The Morgan fingerprint density at radius 2 is 1.92 bits per heavy atom. The number of carbonyl (C=O) groups excluding carboxylic acids is 1. The summed E-state index contributed by atoms with van der Waals surface area (Å²) in [5.74, 6) is -1.10. The van der Waals surface area contributed by atoms with E-state index in [4.69, 9.17) is 4.74 Å². The van der Waals surface area contributed by atoms with Gasteiger partial charge in [0.1, 0.15) is 17.2 Å². The fourth-order valence-electron chi connectivity index (χ4n) is 2.72. The molecule has 1 saturated carbocycles. The Balaban J connectivity index is 1.81. The van der Waals surface area contributed by atoms with Crippen LogP contribution in [0.2, 0.25) is 0 Å². The van der Waals surface area contributed by atoms with E-state index in [1.807, 2.05) is 20.8 Å². The van der Waals surface area contributed by atoms with E-state index in [1.54, 1.807) is 11.8 Å². The molecular formula is C19H28F2N2O2. The van der Waals surface area contributed by atoms with Crippen LogP contribution in [0.5, 0.6) is 0 Å².